The summed E-state index contributed by atoms with van der Waals surface area (Å²) in [6, 6.07) is 9.43. The number of hydrogen-bond donors (Lipinski definition) is 3. The number of halogens is 2. The number of piperazine rings is 1. The molecule has 1 aromatic heterocycles. The van der Waals surface area contributed by atoms with Gasteiger partial charge in [0.15, 0.2) is 12.2 Å². The second kappa shape index (κ2) is 10.6. The van der Waals surface area contributed by atoms with Crippen molar-refractivity contribution in [3.8, 4) is 0 Å². The topological polar surface area (TPSA) is 93.1 Å². The highest BCUT2D eigenvalue weighted by molar-refractivity contribution is 9.10. The van der Waals surface area contributed by atoms with Crippen molar-refractivity contribution in [1.29, 1.82) is 0 Å². The summed E-state index contributed by atoms with van der Waals surface area (Å²) < 4.78 is 0.976. The number of rotatable bonds is 7. The molecule has 1 aliphatic rings. The van der Waals surface area contributed by atoms with Gasteiger partial charge in [0.1, 0.15) is 0 Å². The second-order valence-corrected chi connectivity index (χ2v) is 9.24. The number of nitrogens with zero attached hydrogens (tertiary/aromatic N) is 2. The van der Waals surface area contributed by atoms with Gasteiger partial charge in [-0.05, 0) is 40.5 Å². The van der Waals surface area contributed by atoms with E-state index in [4.69, 9.17) is 11.6 Å². The number of nitrogens with one attached hydrogen (secondary N) is 1. The first-order valence-electron chi connectivity index (χ1n) is 9.52. The smallest absolute Gasteiger partial charge is 0.254 e. The van der Waals surface area contributed by atoms with Crippen LogP contribution in [-0.4, -0.2) is 71.9 Å². The summed E-state index contributed by atoms with van der Waals surface area (Å²) in [7, 11) is 0. The molecule has 3 rings (SSSR count). The lowest BCUT2D eigenvalue weighted by atomic mass is 10.1. The summed E-state index contributed by atoms with van der Waals surface area (Å²) >= 11 is 11.1. The summed E-state index contributed by atoms with van der Waals surface area (Å²) in [5.74, 6) is -1.42. The first kappa shape index (κ1) is 23.0. The zero-order valence-electron chi connectivity index (χ0n) is 16.1. The van der Waals surface area contributed by atoms with Gasteiger partial charge in [-0.25, -0.2) is 0 Å². The first-order chi connectivity index (χ1) is 14.4. The van der Waals surface area contributed by atoms with Crippen molar-refractivity contribution in [2.75, 3.05) is 37.6 Å². The standard InChI is InChI=1S/C20H23BrClN3O4S/c21-13-11-14(30-12-13)5-6-23-19(28)17(26)18(27)20(29)25-9-7-24(8-10-25)16-4-2-1-3-15(16)22/h1-4,11-12,17-18,26-27H,5-10H2,(H,23,28)/t17-,18-/m1/s1. The summed E-state index contributed by atoms with van der Waals surface area (Å²) in [6.45, 7) is 2.12. The number of carbonyl (C=O) groups is 2. The van der Waals surface area contributed by atoms with Gasteiger partial charge >= 0.3 is 0 Å². The molecule has 0 saturated carbocycles. The fourth-order valence-electron chi connectivity index (χ4n) is 3.24. The largest absolute Gasteiger partial charge is 0.380 e. The summed E-state index contributed by atoms with van der Waals surface area (Å²) in [5, 5.41) is 25.5. The molecule has 3 N–H and O–H groups in total. The Morgan fingerprint density at radius 1 is 1.17 bits per heavy atom. The molecule has 30 heavy (non-hydrogen) atoms. The SMILES string of the molecule is O=C(NCCc1cc(Br)cs1)[C@H](O)[C@@H](O)C(=O)N1CCN(c2ccccc2Cl)CC1. The highest BCUT2D eigenvalue weighted by Gasteiger charge is 2.34. The normalized spacial score (nSPS) is 16.3. The van der Waals surface area contributed by atoms with Crippen LogP contribution < -0.4 is 10.2 Å². The maximum atomic E-state index is 12.5. The van der Waals surface area contributed by atoms with Gasteiger partial charge < -0.3 is 25.3 Å². The molecule has 2 heterocycles. The van der Waals surface area contributed by atoms with Crippen LogP contribution in [0, 0.1) is 0 Å². The molecule has 2 aromatic rings. The van der Waals surface area contributed by atoms with Crippen molar-refractivity contribution >= 4 is 56.4 Å². The van der Waals surface area contributed by atoms with Crippen LogP contribution in [0.25, 0.3) is 0 Å². The number of carbonyl (C=O) groups excluding carboxylic acids is 2. The number of para-hydroxylation sites is 1. The Bertz CT molecular complexity index is 888. The van der Waals surface area contributed by atoms with Gasteiger partial charge in [0, 0.05) is 47.5 Å². The van der Waals surface area contributed by atoms with Gasteiger partial charge in [-0.15, -0.1) is 11.3 Å². The number of thiophene rings is 1. The van der Waals surface area contributed by atoms with Gasteiger partial charge in [-0.3, -0.25) is 9.59 Å². The van der Waals surface area contributed by atoms with E-state index in [2.05, 4.69) is 26.1 Å². The van der Waals surface area contributed by atoms with Crippen molar-refractivity contribution in [2.45, 2.75) is 18.6 Å². The predicted molar refractivity (Wildman–Crippen MR) is 121 cm³/mol. The third kappa shape index (κ3) is 5.73. The van der Waals surface area contributed by atoms with E-state index in [0.29, 0.717) is 44.2 Å². The molecule has 10 heteroatoms. The van der Waals surface area contributed by atoms with Crippen molar-refractivity contribution in [3.05, 3.63) is 50.1 Å². The molecule has 0 radical (unpaired) electrons. The Kier molecular flexibility index (Phi) is 8.13. The molecule has 0 bridgehead atoms. The number of aliphatic hydroxyl groups excluding tert-OH is 2. The molecule has 0 aliphatic carbocycles. The molecule has 1 saturated heterocycles. The number of benzene rings is 1. The van der Waals surface area contributed by atoms with Crippen LogP contribution in [0.4, 0.5) is 5.69 Å². The van der Waals surface area contributed by atoms with E-state index in [0.717, 1.165) is 15.0 Å². The van der Waals surface area contributed by atoms with E-state index >= 15 is 0 Å². The van der Waals surface area contributed by atoms with Crippen LogP contribution in [0.15, 0.2) is 40.2 Å². The van der Waals surface area contributed by atoms with Crippen molar-refractivity contribution in [2.24, 2.45) is 0 Å². The molecular formula is C20H23BrClN3O4S. The van der Waals surface area contributed by atoms with Crippen LogP contribution in [0.1, 0.15) is 4.88 Å². The summed E-state index contributed by atoms with van der Waals surface area (Å²) in [5.41, 5.74) is 0.893. The van der Waals surface area contributed by atoms with Crippen molar-refractivity contribution in [3.63, 3.8) is 0 Å². The average molecular weight is 517 g/mol. The zero-order chi connectivity index (χ0) is 21.7. The lowest BCUT2D eigenvalue weighted by molar-refractivity contribution is -0.153. The van der Waals surface area contributed by atoms with Gasteiger partial charge in [0.2, 0.25) is 0 Å². The minimum absolute atomic E-state index is 0.306. The summed E-state index contributed by atoms with van der Waals surface area (Å²) in [4.78, 5) is 29.3. The second-order valence-electron chi connectivity index (χ2n) is 6.93. The molecule has 7 nitrogen and oxygen atoms in total. The maximum Gasteiger partial charge on any atom is 0.254 e. The predicted octanol–water partition coefficient (Wildman–Crippen LogP) is 1.89. The third-order valence-corrected chi connectivity index (χ3v) is 6.97. The lowest BCUT2D eigenvalue weighted by Crippen LogP contribution is -2.55. The molecule has 0 spiro atoms. The minimum atomic E-state index is -1.81. The van der Waals surface area contributed by atoms with Gasteiger partial charge in [-0.1, -0.05) is 23.7 Å². The highest BCUT2D eigenvalue weighted by atomic mass is 79.9. The molecule has 1 aromatic carbocycles. The molecular weight excluding hydrogens is 494 g/mol. The van der Waals surface area contributed by atoms with Gasteiger partial charge in [0.05, 0.1) is 10.7 Å². The van der Waals surface area contributed by atoms with E-state index < -0.39 is 24.0 Å². The molecule has 0 unspecified atom stereocenters. The van der Waals surface area contributed by atoms with E-state index in [1.807, 2.05) is 35.7 Å². The average Bonchev–Trinajstić information content (AvgIpc) is 3.17. The van der Waals surface area contributed by atoms with Crippen LogP contribution in [0.5, 0.6) is 0 Å². The number of aliphatic hydroxyl groups is 2. The molecule has 2 atom stereocenters. The Labute approximate surface area is 192 Å². The Balaban J connectivity index is 1.46. The van der Waals surface area contributed by atoms with E-state index in [9.17, 15) is 19.8 Å². The van der Waals surface area contributed by atoms with Crippen molar-refractivity contribution < 1.29 is 19.8 Å². The zero-order valence-corrected chi connectivity index (χ0v) is 19.3. The maximum absolute atomic E-state index is 12.5. The van der Waals surface area contributed by atoms with E-state index in [1.165, 1.54) is 4.90 Å². The highest BCUT2D eigenvalue weighted by Crippen LogP contribution is 2.26. The van der Waals surface area contributed by atoms with Crippen LogP contribution in [0.3, 0.4) is 0 Å². The molecule has 1 fully saturated rings. The Hall–Kier alpha value is -1.65. The van der Waals surface area contributed by atoms with Crippen molar-refractivity contribution in [1.82, 2.24) is 10.2 Å². The fraction of sp³-hybridized carbons (Fsp3) is 0.400. The number of anilines is 1. The first-order valence-corrected chi connectivity index (χ1v) is 11.6. The third-order valence-electron chi connectivity index (χ3n) is 4.90. The van der Waals surface area contributed by atoms with Gasteiger partial charge in [-0.2, -0.15) is 0 Å². The van der Waals surface area contributed by atoms with Gasteiger partial charge in [0.25, 0.3) is 11.8 Å². The van der Waals surface area contributed by atoms with Crippen LogP contribution >= 0.6 is 38.9 Å². The van der Waals surface area contributed by atoms with Crippen LogP contribution in [-0.2, 0) is 16.0 Å². The number of hydrogen-bond acceptors (Lipinski definition) is 6. The molecule has 1 aliphatic heterocycles. The lowest BCUT2D eigenvalue weighted by Gasteiger charge is -2.37. The fourth-order valence-corrected chi connectivity index (χ4v) is 4.95. The number of amides is 2. The Morgan fingerprint density at radius 2 is 1.87 bits per heavy atom. The molecule has 2 amide bonds. The monoisotopic (exact) mass is 515 g/mol. The minimum Gasteiger partial charge on any atom is -0.380 e. The summed E-state index contributed by atoms with van der Waals surface area (Å²) in [6.07, 6.45) is -3.01. The Morgan fingerprint density at radius 3 is 2.50 bits per heavy atom. The molecule has 162 valence electrons. The quantitative estimate of drug-likeness (QED) is 0.523. The van der Waals surface area contributed by atoms with E-state index in [-0.39, 0.29) is 0 Å². The van der Waals surface area contributed by atoms with Crippen LogP contribution in [0.2, 0.25) is 5.02 Å². The van der Waals surface area contributed by atoms with E-state index in [1.54, 1.807) is 11.3 Å².